The number of hydrogen-bond acceptors (Lipinski definition) is 2. The van der Waals surface area contributed by atoms with E-state index in [0.29, 0.717) is 0 Å². The first kappa shape index (κ1) is 22.2. The van der Waals surface area contributed by atoms with Crippen LogP contribution in [0.25, 0.3) is 0 Å². The van der Waals surface area contributed by atoms with Crippen molar-refractivity contribution in [2.75, 3.05) is 0 Å². The quantitative estimate of drug-likeness (QED) is 0.584. The molecule has 1 atom stereocenters. The van der Waals surface area contributed by atoms with Crippen LogP contribution in [-0.2, 0) is 4.79 Å². The summed E-state index contributed by atoms with van der Waals surface area (Å²) >= 11 is 0. The molecule has 160 valence electrons. The fraction of sp³-hybridized carbons (Fsp3) is 0.200. The highest BCUT2D eigenvalue weighted by Crippen LogP contribution is 2.22. The summed E-state index contributed by atoms with van der Waals surface area (Å²) in [4.78, 5) is 25.7. The zero-order valence-electron chi connectivity index (χ0n) is 17.3. The Balaban J connectivity index is 1.85. The van der Waals surface area contributed by atoms with E-state index in [1.807, 2.05) is 60.7 Å². The van der Waals surface area contributed by atoms with Crippen molar-refractivity contribution in [3.8, 4) is 0 Å². The molecule has 31 heavy (non-hydrogen) atoms. The van der Waals surface area contributed by atoms with Crippen molar-refractivity contribution in [3.05, 3.63) is 107 Å². The van der Waals surface area contributed by atoms with Gasteiger partial charge in [0.25, 0.3) is 5.91 Å². The Kier molecular flexibility index (Phi) is 7.13. The van der Waals surface area contributed by atoms with Crippen molar-refractivity contribution in [2.45, 2.75) is 25.9 Å². The molecule has 0 radical (unpaired) electrons. The highest BCUT2D eigenvalue weighted by molar-refractivity contribution is 5.98. The lowest BCUT2D eigenvalue weighted by atomic mass is 9.96. The fourth-order valence-electron chi connectivity index (χ4n) is 3.35. The van der Waals surface area contributed by atoms with Gasteiger partial charge in [0.1, 0.15) is 23.2 Å². The zero-order chi connectivity index (χ0) is 22.4. The molecule has 4 nitrogen and oxygen atoms in total. The minimum atomic E-state index is -0.985. The van der Waals surface area contributed by atoms with Crippen molar-refractivity contribution in [1.82, 2.24) is 10.6 Å². The molecule has 0 saturated heterocycles. The van der Waals surface area contributed by atoms with Crippen LogP contribution in [0.15, 0.2) is 78.9 Å². The molecule has 2 amide bonds. The first-order chi connectivity index (χ1) is 14.9. The van der Waals surface area contributed by atoms with E-state index >= 15 is 0 Å². The molecule has 3 rings (SSSR count). The maximum atomic E-state index is 14.0. The van der Waals surface area contributed by atoms with Crippen molar-refractivity contribution >= 4 is 11.8 Å². The van der Waals surface area contributed by atoms with Crippen LogP contribution in [-0.4, -0.2) is 17.9 Å². The molecule has 0 heterocycles. The molecule has 6 heteroatoms. The molecule has 0 fully saturated rings. The molecule has 3 aromatic rings. The van der Waals surface area contributed by atoms with Gasteiger partial charge in [0.15, 0.2) is 0 Å². The molecule has 0 bridgehead atoms. The van der Waals surface area contributed by atoms with Gasteiger partial charge in [-0.05, 0) is 29.2 Å². The van der Waals surface area contributed by atoms with E-state index in [1.54, 1.807) is 13.8 Å². The molecule has 0 aromatic heterocycles. The molecule has 0 unspecified atom stereocenters. The molecule has 0 saturated carbocycles. The molecule has 3 aromatic carbocycles. The second-order valence-corrected chi connectivity index (χ2v) is 7.55. The first-order valence-electron chi connectivity index (χ1n) is 10.0. The third kappa shape index (κ3) is 5.34. The van der Waals surface area contributed by atoms with Gasteiger partial charge in [0, 0.05) is 0 Å². The van der Waals surface area contributed by atoms with Crippen molar-refractivity contribution < 1.29 is 18.4 Å². The number of nitrogens with one attached hydrogen (secondary N) is 2. The van der Waals surface area contributed by atoms with Crippen LogP contribution < -0.4 is 10.6 Å². The Morgan fingerprint density at radius 2 is 1.19 bits per heavy atom. The summed E-state index contributed by atoms with van der Waals surface area (Å²) in [5, 5.41) is 5.47. The minimum Gasteiger partial charge on any atom is -0.343 e. The lowest BCUT2D eigenvalue weighted by Gasteiger charge is -2.26. The van der Waals surface area contributed by atoms with E-state index in [4.69, 9.17) is 0 Å². The number of hydrogen-bond donors (Lipinski definition) is 2. The van der Waals surface area contributed by atoms with Crippen LogP contribution in [0.4, 0.5) is 8.78 Å². The van der Waals surface area contributed by atoms with Gasteiger partial charge in [-0.15, -0.1) is 0 Å². The largest absolute Gasteiger partial charge is 0.343 e. The Labute approximate surface area is 180 Å². The second kappa shape index (κ2) is 9.98. The summed E-state index contributed by atoms with van der Waals surface area (Å²) in [7, 11) is 0. The van der Waals surface area contributed by atoms with Gasteiger partial charge in [-0.2, -0.15) is 0 Å². The monoisotopic (exact) mass is 422 g/mol. The molecule has 0 aliphatic rings. The topological polar surface area (TPSA) is 58.2 Å². The number of carbonyl (C=O) groups excluding carboxylic acids is 2. The smallest absolute Gasteiger partial charge is 0.257 e. The van der Waals surface area contributed by atoms with Crippen LogP contribution in [0, 0.1) is 17.6 Å². The van der Waals surface area contributed by atoms with E-state index in [9.17, 15) is 18.4 Å². The first-order valence-corrected chi connectivity index (χ1v) is 10.0. The van der Waals surface area contributed by atoms with Gasteiger partial charge >= 0.3 is 0 Å². The van der Waals surface area contributed by atoms with E-state index < -0.39 is 41.1 Å². The highest BCUT2D eigenvalue weighted by atomic mass is 19.1. The van der Waals surface area contributed by atoms with Crippen LogP contribution in [0.5, 0.6) is 0 Å². The molecule has 0 spiro atoms. The summed E-state index contributed by atoms with van der Waals surface area (Å²) in [5.41, 5.74) is 1.04. The van der Waals surface area contributed by atoms with Crippen molar-refractivity contribution in [3.63, 3.8) is 0 Å². The van der Waals surface area contributed by atoms with E-state index in [1.165, 1.54) is 6.07 Å². The molecular formula is C25H24F2N2O2. The summed E-state index contributed by atoms with van der Waals surface area (Å²) in [6.45, 7) is 3.50. The predicted molar refractivity (Wildman–Crippen MR) is 115 cm³/mol. The maximum Gasteiger partial charge on any atom is 0.257 e. The predicted octanol–water partition coefficient (Wildman–Crippen LogP) is 4.63. The normalized spacial score (nSPS) is 11.9. The number of amides is 2. The lowest BCUT2D eigenvalue weighted by Crippen LogP contribution is -2.50. The molecule has 0 aliphatic carbocycles. The van der Waals surface area contributed by atoms with Crippen LogP contribution in [0.1, 0.15) is 41.4 Å². The van der Waals surface area contributed by atoms with Crippen molar-refractivity contribution in [1.29, 1.82) is 0 Å². The Bertz CT molecular complexity index is 980. The Hall–Kier alpha value is -3.54. The van der Waals surface area contributed by atoms with Crippen LogP contribution >= 0.6 is 0 Å². The van der Waals surface area contributed by atoms with E-state index in [2.05, 4.69) is 10.6 Å². The van der Waals surface area contributed by atoms with Gasteiger partial charge in [-0.1, -0.05) is 80.6 Å². The number of rotatable bonds is 7. The molecule has 2 N–H and O–H groups in total. The summed E-state index contributed by atoms with van der Waals surface area (Å²) in [6.07, 6.45) is 0. The van der Waals surface area contributed by atoms with Crippen LogP contribution in [0.3, 0.4) is 0 Å². The lowest BCUT2D eigenvalue weighted by molar-refractivity contribution is -0.124. The number of halogens is 2. The van der Waals surface area contributed by atoms with E-state index in [-0.39, 0.29) is 5.92 Å². The minimum absolute atomic E-state index is 0.314. The average molecular weight is 422 g/mol. The zero-order valence-corrected chi connectivity index (χ0v) is 17.3. The van der Waals surface area contributed by atoms with Crippen LogP contribution in [0.2, 0.25) is 0 Å². The fourth-order valence-corrected chi connectivity index (χ4v) is 3.35. The Morgan fingerprint density at radius 1 is 0.710 bits per heavy atom. The van der Waals surface area contributed by atoms with E-state index in [0.717, 1.165) is 23.3 Å². The molecular weight excluding hydrogens is 398 g/mol. The standard InChI is InChI=1S/C25H24F2N2O2/c1-16(2)22(28-24(30)21-19(26)14-9-15-20(21)27)25(31)29-23(17-10-5-3-6-11-17)18-12-7-4-8-13-18/h3-16,22-23H,1-2H3,(H,28,30)(H,29,31)/t22-/m0/s1. The third-order valence-electron chi connectivity index (χ3n) is 4.98. The Morgan fingerprint density at radius 3 is 1.65 bits per heavy atom. The number of carbonyl (C=O) groups is 2. The second-order valence-electron chi connectivity index (χ2n) is 7.55. The highest BCUT2D eigenvalue weighted by Gasteiger charge is 2.29. The average Bonchev–Trinajstić information content (AvgIpc) is 2.76. The number of benzene rings is 3. The summed E-state index contributed by atoms with van der Waals surface area (Å²) < 4.78 is 28.0. The van der Waals surface area contributed by atoms with Gasteiger partial charge in [0.2, 0.25) is 5.91 Å². The molecule has 0 aliphatic heterocycles. The summed E-state index contributed by atoms with van der Waals surface area (Å²) in [6, 6.07) is 20.6. The SMILES string of the molecule is CC(C)[C@H](NC(=O)c1c(F)cccc1F)C(=O)NC(c1ccccc1)c1ccccc1. The van der Waals surface area contributed by atoms with Gasteiger partial charge in [0.05, 0.1) is 6.04 Å². The van der Waals surface area contributed by atoms with Crippen molar-refractivity contribution in [2.24, 2.45) is 5.92 Å². The summed E-state index contributed by atoms with van der Waals surface area (Å²) in [5.74, 6) is -3.69. The maximum absolute atomic E-state index is 14.0. The van der Waals surface area contributed by atoms with Gasteiger partial charge < -0.3 is 10.6 Å². The van der Waals surface area contributed by atoms with Gasteiger partial charge in [-0.3, -0.25) is 9.59 Å². The third-order valence-corrected chi connectivity index (χ3v) is 4.98. The van der Waals surface area contributed by atoms with Gasteiger partial charge in [-0.25, -0.2) is 8.78 Å².